The van der Waals surface area contributed by atoms with Gasteiger partial charge in [-0.25, -0.2) is 0 Å². The van der Waals surface area contributed by atoms with Crippen molar-refractivity contribution < 1.29 is 4.79 Å². The lowest BCUT2D eigenvalue weighted by Gasteiger charge is -2.29. The number of amides is 1. The zero-order valence-electron chi connectivity index (χ0n) is 13.0. The van der Waals surface area contributed by atoms with E-state index in [1.54, 1.807) is 0 Å². The molecule has 114 valence electrons. The van der Waals surface area contributed by atoms with E-state index in [-0.39, 0.29) is 11.8 Å². The van der Waals surface area contributed by atoms with Gasteiger partial charge in [0.1, 0.15) is 0 Å². The summed E-state index contributed by atoms with van der Waals surface area (Å²) in [4.78, 5) is 14.8. The summed E-state index contributed by atoms with van der Waals surface area (Å²) < 4.78 is 0. The molecule has 0 saturated carbocycles. The van der Waals surface area contributed by atoms with Crippen LogP contribution in [0.2, 0.25) is 0 Å². The van der Waals surface area contributed by atoms with Crippen molar-refractivity contribution in [3.05, 3.63) is 54.6 Å². The van der Waals surface area contributed by atoms with Crippen LogP contribution in [0, 0.1) is 5.92 Å². The van der Waals surface area contributed by atoms with Crippen LogP contribution in [0.1, 0.15) is 12.8 Å². The zero-order chi connectivity index (χ0) is 15.4. The molecule has 0 spiro atoms. The number of carbonyl (C=O) groups excluding carboxylic acids is 1. The van der Waals surface area contributed by atoms with Crippen molar-refractivity contribution in [1.29, 1.82) is 0 Å². The monoisotopic (exact) mass is 294 g/mol. The first kappa shape index (κ1) is 14.8. The Morgan fingerprint density at radius 2 is 1.82 bits per heavy atom. The number of likely N-dealkylation sites (tertiary alicyclic amines) is 1. The Bertz CT molecular complexity index is 639. The second kappa shape index (κ2) is 6.75. The van der Waals surface area contributed by atoms with Crippen LogP contribution in [-0.4, -0.2) is 30.9 Å². The van der Waals surface area contributed by atoms with E-state index in [0.29, 0.717) is 0 Å². The van der Waals surface area contributed by atoms with E-state index >= 15 is 0 Å². The van der Waals surface area contributed by atoms with Gasteiger partial charge in [-0.15, -0.1) is 0 Å². The highest BCUT2D eigenvalue weighted by Crippen LogP contribution is 2.28. The van der Waals surface area contributed by atoms with E-state index in [1.807, 2.05) is 36.4 Å². The molecule has 22 heavy (non-hydrogen) atoms. The third-order valence-electron chi connectivity index (χ3n) is 4.26. The first-order valence-corrected chi connectivity index (χ1v) is 7.88. The highest BCUT2D eigenvalue weighted by molar-refractivity contribution is 5.96. The lowest BCUT2D eigenvalue weighted by atomic mass is 9.97. The molecule has 3 nitrogen and oxygen atoms in total. The fourth-order valence-electron chi connectivity index (χ4n) is 3.08. The Hall–Kier alpha value is -2.13. The first-order valence-electron chi connectivity index (χ1n) is 7.88. The van der Waals surface area contributed by atoms with Gasteiger partial charge in [-0.1, -0.05) is 48.5 Å². The summed E-state index contributed by atoms with van der Waals surface area (Å²) in [5.41, 5.74) is 3.09. The van der Waals surface area contributed by atoms with Gasteiger partial charge in [0.25, 0.3) is 0 Å². The topological polar surface area (TPSA) is 32.3 Å². The zero-order valence-corrected chi connectivity index (χ0v) is 13.0. The molecule has 3 rings (SSSR count). The molecule has 2 aromatic rings. The summed E-state index contributed by atoms with van der Waals surface area (Å²) >= 11 is 0. The summed E-state index contributed by atoms with van der Waals surface area (Å²) in [7, 11) is 2.08. The molecule has 1 saturated heterocycles. The molecule has 1 heterocycles. The van der Waals surface area contributed by atoms with Crippen LogP contribution >= 0.6 is 0 Å². The number of benzene rings is 2. The van der Waals surface area contributed by atoms with E-state index < -0.39 is 0 Å². The van der Waals surface area contributed by atoms with Crippen LogP contribution < -0.4 is 5.32 Å². The van der Waals surface area contributed by atoms with Gasteiger partial charge in [0, 0.05) is 17.8 Å². The number of hydrogen-bond acceptors (Lipinski definition) is 2. The Balaban J connectivity index is 1.79. The lowest BCUT2D eigenvalue weighted by molar-refractivity contribution is -0.121. The molecule has 0 aromatic heterocycles. The predicted molar refractivity (Wildman–Crippen MR) is 90.7 cm³/mol. The number of carbonyl (C=O) groups is 1. The Labute approximate surface area is 132 Å². The summed E-state index contributed by atoms with van der Waals surface area (Å²) in [6.07, 6.45) is 2.07. The number of piperidine rings is 1. The number of nitrogens with one attached hydrogen (secondary N) is 1. The number of para-hydroxylation sites is 1. The molecule has 0 unspecified atom stereocenters. The number of hydrogen-bond donors (Lipinski definition) is 1. The fraction of sp³-hybridized carbons (Fsp3) is 0.316. The van der Waals surface area contributed by atoms with Gasteiger partial charge >= 0.3 is 0 Å². The second-order valence-corrected chi connectivity index (χ2v) is 6.00. The summed E-state index contributed by atoms with van der Waals surface area (Å²) in [5.74, 6) is 0.220. The molecule has 1 amide bonds. The molecule has 0 aliphatic carbocycles. The van der Waals surface area contributed by atoms with Crippen LogP contribution in [0.4, 0.5) is 5.69 Å². The van der Waals surface area contributed by atoms with Crippen molar-refractivity contribution in [3.63, 3.8) is 0 Å². The Morgan fingerprint density at radius 1 is 1.09 bits per heavy atom. The average Bonchev–Trinajstić information content (AvgIpc) is 2.56. The third-order valence-corrected chi connectivity index (χ3v) is 4.26. The minimum Gasteiger partial charge on any atom is -0.325 e. The Morgan fingerprint density at radius 3 is 2.59 bits per heavy atom. The molecule has 2 aromatic carbocycles. The highest BCUT2D eigenvalue weighted by Gasteiger charge is 2.24. The van der Waals surface area contributed by atoms with Crippen molar-refractivity contribution in [1.82, 2.24) is 4.90 Å². The normalized spacial score (nSPS) is 18.9. The molecule has 1 atom stereocenters. The van der Waals surface area contributed by atoms with Gasteiger partial charge < -0.3 is 10.2 Å². The van der Waals surface area contributed by atoms with Crippen molar-refractivity contribution in [2.24, 2.45) is 5.92 Å². The fourth-order valence-corrected chi connectivity index (χ4v) is 3.08. The number of anilines is 1. The molecule has 3 heteroatoms. The quantitative estimate of drug-likeness (QED) is 0.937. The van der Waals surface area contributed by atoms with Gasteiger partial charge in [-0.05, 0) is 38.1 Å². The van der Waals surface area contributed by atoms with Crippen molar-refractivity contribution in [2.45, 2.75) is 12.8 Å². The maximum absolute atomic E-state index is 12.6. The second-order valence-electron chi connectivity index (χ2n) is 6.00. The summed E-state index contributed by atoms with van der Waals surface area (Å²) in [5, 5.41) is 3.13. The minimum atomic E-state index is 0.0857. The largest absolute Gasteiger partial charge is 0.325 e. The van der Waals surface area contributed by atoms with Gasteiger partial charge in [0.05, 0.1) is 5.92 Å². The molecule has 0 bridgehead atoms. The van der Waals surface area contributed by atoms with Crippen LogP contribution in [0.15, 0.2) is 54.6 Å². The van der Waals surface area contributed by atoms with Crippen LogP contribution in [-0.2, 0) is 4.79 Å². The highest BCUT2D eigenvalue weighted by atomic mass is 16.1. The van der Waals surface area contributed by atoms with Gasteiger partial charge in [0.2, 0.25) is 5.91 Å². The van der Waals surface area contributed by atoms with Gasteiger partial charge in [-0.2, -0.15) is 0 Å². The van der Waals surface area contributed by atoms with Crippen molar-refractivity contribution >= 4 is 11.6 Å². The molecule has 1 fully saturated rings. The molecule has 1 N–H and O–H groups in total. The molecular weight excluding hydrogens is 272 g/mol. The maximum atomic E-state index is 12.6. The minimum absolute atomic E-state index is 0.0857. The van der Waals surface area contributed by atoms with Crippen LogP contribution in [0.5, 0.6) is 0 Å². The van der Waals surface area contributed by atoms with E-state index in [4.69, 9.17) is 0 Å². The van der Waals surface area contributed by atoms with Crippen molar-refractivity contribution in [3.8, 4) is 11.1 Å². The van der Waals surface area contributed by atoms with Gasteiger partial charge in [0.15, 0.2) is 0 Å². The summed E-state index contributed by atoms with van der Waals surface area (Å²) in [6, 6.07) is 18.2. The lowest BCUT2D eigenvalue weighted by Crippen LogP contribution is -2.38. The van der Waals surface area contributed by atoms with Crippen molar-refractivity contribution in [2.75, 3.05) is 25.5 Å². The van der Waals surface area contributed by atoms with Gasteiger partial charge in [-0.3, -0.25) is 4.79 Å². The maximum Gasteiger partial charge on any atom is 0.228 e. The molecule has 0 radical (unpaired) electrons. The van der Waals surface area contributed by atoms with E-state index in [1.165, 1.54) is 0 Å². The van der Waals surface area contributed by atoms with E-state index in [0.717, 1.165) is 42.7 Å². The van der Waals surface area contributed by atoms with Crippen LogP contribution in [0.25, 0.3) is 11.1 Å². The Kier molecular flexibility index (Phi) is 4.54. The number of rotatable bonds is 3. The van der Waals surface area contributed by atoms with Crippen LogP contribution in [0.3, 0.4) is 0 Å². The predicted octanol–water partition coefficient (Wildman–Crippen LogP) is 3.63. The third kappa shape index (κ3) is 3.37. The average molecular weight is 294 g/mol. The van der Waals surface area contributed by atoms with E-state index in [2.05, 4.69) is 35.5 Å². The standard InChI is InChI=1S/C19H22N2O/c1-21-13-7-10-16(14-21)19(22)20-18-12-6-5-11-17(18)15-8-3-2-4-9-15/h2-6,8-9,11-12,16H,7,10,13-14H2,1H3,(H,20,22)/t16-/m0/s1. The van der Waals surface area contributed by atoms with E-state index in [9.17, 15) is 4.79 Å². The molecular formula is C19H22N2O. The first-order chi connectivity index (χ1) is 10.7. The smallest absolute Gasteiger partial charge is 0.228 e. The SMILES string of the molecule is CN1CCC[C@H](C(=O)Nc2ccccc2-c2ccccc2)C1. The molecule has 1 aliphatic heterocycles. The molecule has 1 aliphatic rings. The summed E-state index contributed by atoms with van der Waals surface area (Å²) in [6.45, 7) is 1.93. The number of nitrogens with zero attached hydrogens (tertiary/aromatic N) is 1.